The van der Waals surface area contributed by atoms with Gasteiger partial charge in [0.15, 0.2) is 0 Å². The average molecular weight is 418 g/mol. The van der Waals surface area contributed by atoms with Gasteiger partial charge in [-0.15, -0.1) is 0 Å². The van der Waals surface area contributed by atoms with Gasteiger partial charge in [0.25, 0.3) is 0 Å². The van der Waals surface area contributed by atoms with E-state index in [1.807, 2.05) is 24.4 Å². The smallest absolute Gasteiger partial charge is 0.233 e. The molecule has 2 aromatic rings. The minimum Gasteiger partial charge on any atom is -0.338 e. The van der Waals surface area contributed by atoms with Crippen LogP contribution in [-0.2, 0) is 11.3 Å². The molecule has 31 heavy (non-hydrogen) atoms. The van der Waals surface area contributed by atoms with Gasteiger partial charge in [0, 0.05) is 17.2 Å². The van der Waals surface area contributed by atoms with E-state index in [0.29, 0.717) is 17.9 Å². The summed E-state index contributed by atoms with van der Waals surface area (Å²) in [6.07, 6.45) is 15.5. The number of anilines is 3. The van der Waals surface area contributed by atoms with Crippen molar-refractivity contribution in [1.29, 1.82) is 0 Å². The molecule has 3 saturated carbocycles. The Bertz CT molecular complexity index is 928. The number of carbonyl (C=O) groups excluding carboxylic acids is 1. The summed E-state index contributed by atoms with van der Waals surface area (Å²) >= 11 is 0. The number of aromatic nitrogens is 1. The Hall–Kier alpha value is -2.36. The lowest BCUT2D eigenvalue weighted by Gasteiger charge is -2.53. The molecule has 0 radical (unpaired) electrons. The van der Waals surface area contributed by atoms with Gasteiger partial charge in [0.1, 0.15) is 5.82 Å². The Morgan fingerprint density at radius 2 is 1.77 bits per heavy atom. The predicted octanol–water partition coefficient (Wildman–Crippen LogP) is 6.98. The minimum absolute atomic E-state index is 0.176. The van der Waals surface area contributed by atoms with E-state index in [1.165, 1.54) is 51.4 Å². The maximum Gasteiger partial charge on any atom is 0.233 e. The van der Waals surface area contributed by atoms with Crippen molar-refractivity contribution in [3.8, 4) is 0 Å². The highest BCUT2D eigenvalue weighted by Crippen LogP contribution is 2.60. The van der Waals surface area contributed by atoms with Crippen LogP contribution in [0.3, 0.4) is 0 Å². The number of unbranched alkanes of at least 4 members (excludes halogenated alkanes) is 3. The molecule has 0 atom stereocenters. The van der Waals surface area contributed by atoms with Crippen LogP contribution >= 0.6 is 0 Å². The largest absolute Gasteiger partial charge is 0.338 e. The lowest BCUT2D eigenvalue weighted by atomic mass is 9.52. The van der Waals surface area contributed by atoms with Crippen molar-refractivity contribution in [2.24, 2.45) is 10.8 Å². The maximum atomic E-state index is 14.1. The summed E-state index contributed by atoms with van der Waals surface area (Å²) in [5.41, 5.74) is 3.39. The fourth-order valence-electron chi connectivity index (χ4n) is 6.23. The molecule has 0 spiro atoms. The molecule has 4 heteroatoms. The normalized spacial score (nSPS) is 26.5. The van der Waals surface area contributed by atoms with Gasteiger partial charge in [-0.1, -0.05) is 50.8 Å². The van der Waals surface area contributed by atoms with Gasteiger partial charge < -0.3 is 10.2 Å². The summed E-state index contributed by atoms with van der Waals surface area (Å²) in [5.74, 6) is 1.19. The topological polar surface area (TPSA) is 45.2 Å². The van der Waals surface area contributed by atoms with Crippen molar-refractivity contribution in [2.75, 3.05) is 10.2 Å². The number of hydrogen-bond acceptors (Lipinski definition) is 3. The average Bonchev–Trinajstić information content (AvgIpc) is 2.99. The van der Waals surface area contributed by atoms with Crippen molar-refractivity contribution >= 4 is 23.1 Å². The van der Waals surface area contributed by atoms with Gasteiger partial charge in [-0.05, 0) is 68.6 Å². The number of fused-ring (bicyclic) bond motifs is 5. The maximum absolute atomic E-state index is 14.1. The first-order valence-electron chi connectivity index (χ1n) is 12.3. The molecule has 6 rings (SSSR count). The highest BCUT2D eigenvalue weighted by molar-refractivity contribution is 6.01. The number of rotatable bonds is 6. The summed E-state index contributed by atoms with van der Waals surface area (Å²) in [4.78, 5) is 20.7. The second-order valence-corrected chi connectivity index (χ2v) is 10.1. The minimum atomic E-state index is -0.176. The zero-order chi connectivity index (χ0) is 21.3. The molecule has 1 amide bonds. The van der Waals surface area contributed by atoms with Crippen LogP contribution in [0.2, 0.25) is 0 Å². The first-order chi connectivity index (χ1) is 15.1. The summed E-state index contributed by atoms with van der Waals surface area (Å²) in [6, 6.07) is 12.2. The van der Waals surface area contributed by atoms with Gasteiger partial charge >= 0.3 is 0 Å². The van der Waals surface area contributed by atoms with E-state index < -0.39 is 0 Å². The van der Waals surface area contributed by atoms with E-state index in [0.717, 1.165) is 42.0 Å². The van der Waals surface area contributed by atoms with E-state index in [4.69, 9.17) is 0 Å². The van der Waals surface area contributed by atoms with Crippen LogP contribution < -0.4 is 10.2 Å². The third kappa shape index (κ3) is 3.75. The zero-order valence-electron chi connectivity index (χ0n) is 18.8. The number of nitrogens with one attached hydrogen (secondary N) is 1. The molecule has 2 heterocycles. The van der Waals surface area contributed by atoms with Crippen LogP contribution in [0, 0.1) is 10.8 Å². The number of carbonyl (C=O) groups is 1. The third-order valence-corrected chi connectivity index (χ3v) is 8.33. The summed E-state index contributed by atoms with van der Waals surface area (Å²) in [6.45, 7) is 2.88. The second kappa shape index (κ2) is 8.29. The molecule has 3 aliphatic carbocycles. The molecule has 1 aromatic heterocycles. The molecule has 4 aliphatic rings. The first kappa shape index (κ1) is 20.5. The molecular formula is C27H35N3O. The van der Waals surface area contributed by atoms with Crippen molar-refractivity contribution in [3.63, 3.8) is 0 Å². The highest BCUT2D eigenvalue weighted by Gasteiger charge is 2.53. The number of para-hydroxylation sites is 2. The Labute approximate surface area is 186 Å². The third-order valence-electron chi connectivity index (χ3n) is 8.33. The lowest BCUT2D eigenvalue weighted by molar-refractivity contribution is -0.138. The van der Waals surface area contributed by atoms with Crippen LogP contribution in [0.15, 0.2) is 42.6 Å². The Morgan fingerprint density at radius 1 is 1.00 bits per heavy atom. The van der Waals surface area contributed by atoms with Crippen LogP contribution in [-0.4, -0.2) is 10.9 Å². The van der Waals surface area contributed by atoms with Crippen molar-refractivity contribution in [3.05, 3.63) is 48.2 Å². The fraction of sp³-hybridized carbons (Fsp3) is 0.556. The second-order valence-electron chi connectivity index (χ2n) is 10.1. The Kier molecular flexibility index (Phi) is 5.49. The number of hydrogen-bond donors (Lipinski definition) is 1. The highest BCUT2D eigenvalue weighted by atomic mass is 16.2. The molecule has 3 fully saturated rings. The first-order valence-corrected chi connectivity index (χ1v) is 12.3. The number of nitrogens with zero attached hydrogens (tertiary/aromatic N) is 2. The summed E-state index contributed by atoms with van der Waals surface area (Å²) in [7, 11) is 0. The Balaban J connectivity index is 1.37. The van der Waals surface area contributed by atoms with E-state index in [-0.39, 0.29) is 5.41 Å². The fourth-order valence-corrected chi connectivity index (χ4v) is 6.23. The van der Waals surface area contributed by atoms with Crippen LogP contribution in [0.25, 0.3) is 0 Å². The molecule has 2 bridgehead atoms. The van der Waals surface area contributed by atoms with E-state index in [1.54, 1.807) is 0 Å². The van der Waals surface area contributed by atoms with Gasteiger partial charge in [-0.25, -0.2) is 4.98 Å². The van der Waals surface area contributed by atoms with E-state index >= 15 is 0 Å². The quantitative estimate of drug-likeness (QED) is 0.516. The van der Waals surface area contributed by atoms with Gasteiger partial charge in [0.05, 0.1) is 17.9 Å². The molecule has 0 unspecified atom stereocenters. The monoisotopic (exact) mass is 417 g/mol. The summed E-state index contributed by atoms with van der Waals surface area (Å²) < 4.78 is 0. The summed E-state index contributed by atoms with van der Waals surface area (Å²) in [5, 5.41) is 3.47. The SMILES string of the molecule is CCCCCCC12CCC(C(=O)N3Cc4cccnc4Nc4ccccc43)(CC1)CC2. The molecule has 164 valence electrons. The number of benzene rings is 1. The predicted molar refractivity (Wildman–Crippen MR) is 126 cm³/mol. The van der Waals surface area contributed by atoms with Gasteiger partial charge in [-0.2, -0.15) is 0 Å². The number of pyridine rings is 1. The Morgan fingerprint density at radius 3 is 2.55 bits per heavy atom. The van der Waals surface area contributed by atoms with Crippen molar-refractivity contribution in [2.45, 2.75) is 84.1 Å². The van der Waals surface area contributed by atoms with E-state index in [9.17, 15) is 4.79 Å². The molecule has 1 N–H and O–H groups in total. The zero-order valence-corrected chi connectivity index (χ0v) is 18.8. The standard InChI is InChI=1S/C27H35N3O/c1-2-3-4-7-12-26-13-16-27(17-14-26,18-15-26)25(31)30-20-21-9-8-19-28-24(21)29-22-10-5-6-11-23(22)30/h5-6,8-11,19H,2-4,7,12-18,20H2,1H3,(H,28,29). The van der Waals surface area contributed by atoms with Crippen molar-refractivity contribution < 1.29 is 4.79 Å². The van der Waals surface area contributed by atoms with Crippen LogP contribution in [0.1, 0.15) is 83.1 Å². The van der Waals surface area contributed by atoms with Crippen molar-refractivity contribution in [1.82, 2.24) is 4.98 Å². The van der Waals surface area contributed by atoms with Gasteiger partial charge in [0.2, 0.25) is 5.91 Å². The molecule has 4 nitrogen and oxygen atoms in total. The molecule has 0 saturated heterocycles. The van der Waals surface area contributed by atoms with Crippen LogP contribution in [0.5, 0.6) is 0 Å². The molecule has 1 aliphatic heterocycles. The van der Waals surface area contributed by atoms with Crippen LogP contribution in [0.4, 0.5) is 17.2 Å². The van der Waals surface area contributed by atoms with E-state index in [2.05, 4.69) is 40.3 Å². The molecular weight excluding hydrogens is 382 g/mol. The van der Waals surface area contributed by atoms with Gasteiger partial charge in [-0.3, -0.25) is 4.79 Å². The molecule has 1 aromatic carbocycles. The lowest BCUT2D eigenvalue weighted by Crippen LogP contribution is -2.51. The number of amides is 1.